The van der Waals surface area contributed by atoms with Crippen molar-refractivity contribution in [2.24, 2.45) is 0 Å². The maximum Gasteiger partial charge on any atom is 0.319 e. The summed E-state index contributed by atoms with van der Waals surface area (Å²) < 4.78 is 5.13. The Labute approximate surface area is 140 Å². The molecule has 0 unspecified atom stereocenters. The molecule has 1 aromatic heterocycles. The molecule has 0 aliphatic carbocycles. The number of carbonyl (C=O) groups excluding carboxylic acids is 2. The number of nitrogens with zero attached hydrogens (tertiary/aromatic N) is 1. The van der Waals surface area contributed by atoms with Crippen LogP contribution in [0.5, 0.6) is 0 Å². The molecule has 0 bridgehead atoms. The summed E-state index contributed by atoms with van der Waals surface area (Å²) in [6.07, 6.45) is 0. The van der Waals surface area contributed by atoms with Gasteiger partial charge in [-0.05, 0) is 26.0 Å². The highest BCUT2D eigenvalue weighted by atomic mass is 16.5. The molecule has 0 aliphatic heterocycles. The van der Waals surface area contributed by atoms with Crippen molar-refractivity contribution in [1.29, 1.82) is 0 Å². The molecule has 1 heterocycles. The van der Waals surface area contributed by atoms with Crippen LogP contribution in [-0.4, -0.2) is 23.1 Å². The van der Waals surface area contributed by atoms with Crippen LogP contribution in [-0.2, 0) is 0 Å². The summed E-state index contributed by atoms with van der Waals surface area (Å²) >= 11 is 0. The monoisotopic (exact) mass is 330 g/mol. The SMILES string of the molecule is CC(C)NC(=O)Nc1ccccc1NC(=O)c1cc(C(C)C)on1. The van der Waals surface area contributed by atoms with Crippen LogP contribution in [0, 0.1) is 0 Å². The van der Waals surface area contributed by atoms with Crippen LogP contribution in [0.4, 0.5) is 16.2 Å². The smallest absolute Gasteiger partial charge is 0.319 e. The molecule has 0 saturated heterocycles. The molecular weight excluding hydrogens is 308 g/mol. The summed E-state index contributed by atoms with van der Waals surface area (Å²) in [5, 5.41) is 12.0. The Morgan fingerprint density at radius 3 is 2.21 bits per heavy atom. The minimum atomic E-state index is -0.399. The van der Waals surface area contributed by atoms with Gasteiger partial charge < -0.3 is 20.5 Å². The minimum Gasteiger partial charge on any atom is -0.360 e. The molecule has 0 atom stereocenters. The molecule has 7 nitrogen and oxygen atoms in total. The molecule has 1 aromatic carbocycles. The molecule has 2 aromatic rings. The van der Waals surface area contributed by atoms with Gasteiger partial charge in [0.05, 0.1) is 11.4 Å². The second-order valence-electron chi connectivity index (χ2n) is 6.02. The van der Waals surface area contributed by atoms with E-state index >= 15 is 0 Å². The maximum atomic E-state index is 12.3. The molecule has 24 heavy (non-hydrogen) atoms. The molecule has 3 amide bonds. The summed E-state index contributed by atoms with van der Waals surface area (Å²) in [4.78, 5) is 24.2. The second kappa shape index (κ2) is 7.63. The first kappa shape index (κ1) is 17.5. The van der Waals surface area contributed by atoms with Crippen molar-refractivity contribution in [3.8, 4) is 0 Å². The van der Waals surface area contributed by atoms with E-state index in [1.165, 1.54) is 0 Å². The van der Waals surface area contributed by atoms with Gasteiger partial charge in [-0.2, -0.15) is 0 Å². The summed E-state index contributed by atoms with van der Waals surface area (Å²) in [6, 6.07) is 8.23. The zero-order valence-corrected chi connectivity index (χ0v) is 14.2. The van der Waals surface area contributed by atoms with E-state index in [1.54, 1.807) is 30.3 Å². The Morgan fingerprint density at radius 2 is 1.67 bits per heavy atom. The van der Waals surface area contributed by atoms with Gasteiger partial charge in [-0.1, -0.05) is 31.1 Å². The fourth-order valence-electron chi connectivity index (χ4n) is 1.98. The van der Waals surface area contributed by atoms with E-state index in [4.69, 9.17) is 4.52 Å². The van der Waals surface area contributed by atoms with E-state index in [1.807, 2.05) is 27.7 Å². The van der Waals surface area contributed by atoms with E-state index in [2.05, 4.69) is 21.1 Å². The van der Waals surface area contributed by atoms with Crippen LogP contribution < -0.4 is 16.0 Å². The largest absolute Gasteiger partial charge is 0.360 e. The zero-order chi connectivity index (χ0) is 17.7. The van der Waals surface area contributed by atoms with Gasteiger partial charge in [0.1, 0.15) is 5.76 Å². The molecular formula is C17H22N4O3. The number of hydrogen-bond acceptors (Lipinski definition) is 4. The molecule has 3 N–H and O–H groups in total. The number of carbonyl (C=O) groups is 2. The van der Waals surface area contributed by atoms with Gasteiger partial charge in [-0.15, -0.1) is 0 Å². The van der Waals surface area contributed by atoms with Crippen LogP contribution in [0.3, 0.4) is 0 Å². The van der Waals surface area contributed by atoms with Crippen LogP contribution in [0.2, 0.25) is 0 Å². The summed E-state index contributed by atoms with van der Waals surface area (Å²) in [6.45, 7) is 7.64. The number of hydrogen-bond donors (Lipinski definition) is 3. The Balaban J connectivity index is 2.11. The van der Waals surface area contributed by atoms with Crippen molar-refractivity contribution in [1.82, 2.24) is 10.5 Å². The normalized spacial score (nSPS) is 10.8. The van der Waals surface area contributed by atoms with Crippen LogP contribution in [0.25, 0.3) is 0 Å². The van der Waals surface area contributed by atoms with Gasteiger partial charge in [0.25, 0.3) is 5.91 Å². The topological polar surface area (TPSA) is 96.3 Å². The maximum absolute atomic E-state index is 12.3. The van der Waals surface area contributed by atoms with Gasteiger partial charge in [0.2, 0.25) is 0 Å². The van der Waals surface area contributed by atoms with E-state index in [9.17, 15) is 9.59 Å². The molecule has 0 fully saturated rings. The molecule has 128 valence electrons. The van der Waals surface area contributed by atoms with E-state index < -0.39 is 5.91 Å². The van der Waals surface area contributed by atoms with Crippen molar-refractivity contribution in [2.75, 3.05) is 10.6 Å². The lowest BCUT2D eigenvalue weighted by atomic mass is 10.1. The van der Waals surface area contributed by atoms with E-state index in [-0.39, 0.29) is 23.7 Å². The molecule has 0 aliphatic rings. The van der Waals surface area contributed by atoms with Crippen molar-refractivity contribution >= 4 is 23.3 Å². The van der Waals surface area contributed by atoms with Gasteiger partial charge in [-0.25, -0.2) is 4.79 Å². The quantitative estimate of drug-likeness (QED) is 0.780. The number of benzene rings is 1. The van der Waals surface area contributed by atoms with Crippen molar-refractivity contribution in [2.45, 2.75) is 39.7 Å². The first-order valence-electron chi connectivity index (χ1n) is 7.81. The lowest BCUT2D eigenvalue weighted by Crippen LogP contribution is -2.34. The zero-order valence-electron chi connectivity index (χ0n) is 14.2. The predicted molar refractivity (Wildman–Crippen MR) is 92.3 cm³/mol. The van der Waals surface area contributed by atoms with Gasteiger partial charge in [0.15, 0.2) is 5.69 Å². The lowest BCUT2D eigenvalue weighted by molar-refractivity contribution is 0.101. The first-order chi connectivity index (χ1) is 11.4. The molecule has 0 radical (unpaired) electrons. The third kappa shape index (κ3) is 4.58. The number of aromatic nitrogens is 1. The van der Waals surface area contributed by atoms with Crippen molar-refractivity contribution in [3.63, 3.8) is 0 Å². The highest BCUT2D eigenvalue weighted by Gasteiger charge is 2.16. The van der Waals surface area contributed by atoms with Crippen LogP contribution in [0.1, 0.15) is 49.9 Å². The van der Waals surface area contributed by atoms with E-state index in [0.29, 0.717) is 17.1 Å². The highest BCUT2D eigenvalue weighted by Crippen LogP contribution is 2.22. The third-order valence-corrected chi connectivity index (χ3v) is 3.17. The molecule has 7 heteroatoms. The summed E-state index contributed by atoms with van der Waals surface area (Å²) in [7, 11) is 0. The lowest BCUT2D eigenvalue weighted by Gasteiger charge is -2.13. The number of nitrogens with one attached hydrogen (secondary N) is 3. The Hall–Kier alpha value is -2.83. The van der Waals surface area contributed by atoms with Gasteiger partial charge in [0, 0.05) is 18.0 Å². The van der Waals surface area contributed by atoms with Crippen LogP contribution >= 0.6 is 0 Å². The summed E-state index contributed by atoms with van der Waals surface area (Å²) in [5.74, 6) is 0.389. The standard InChI is InChI=1S/C17H22N4O3/c1-10(2)15-9-14(21-24-15)16(22)19-12-7-5-6-8-13(12)20-17(23)18-11(3)4/h5-11H,1-4H3,(H,19,22)(H2,18,20,23). The number of anilines is 2. The summed E-state index contributed by atoms with van der Waals surface area (Å²) in [5.41, 5.74) is 1.17. The third-order valence-electron chi connectivity index (χ3n) is 3.17. The van der Waals surface area contributed by atoms with Crippen molar-refractivity contribution in [3.05, 3.63) is 41.8 Å². The van der Waals surface area contributed by atoms with Crippen molar-refractivity contribution < 1.29 is 14.1 Å². The predicted octanol–water partition coefficient (Wildman–Crippen LogP) is 3.58. The highest BCUT2D eigenvalue weighted by molar-refractivity contribution is 6.06. The fraction of sp³-hybridized carbons (Fsp3) is 0.353. The number of rotatable bonds is 5. The van der Waals surface area contributed by atoms with Gasteiger partial charge in [-0.3, -0.25) is 4.79 Å². The average molecular weight is 330 g/mol. The average Bonchev–Trinajstić information content (AvgIpc) is 2.98. The van der Waals surface area contributed by atoms with Crippen LogP contribution in [0.15, 0.2) is 34.9 Å². The number of urea groups is 1. The minimum absolute atomic E-state index is 0.0105. The first-order valence-corrected chi connectivity index (χ1v) is 7.81. The Kier molecular flexibility index (Phi) is 5.57. The fourth-order valence-corrected chi connectivity index (χ4v) is 1.98. The molecule has 0 saturated carbocycles. The van der Waals surface area contributed by atoms with E-state index in [0.717, 1.165) is 0 Å². The molecule has 2 rings (SSSR count). The number of amides is 3. The van der Waals surface area contributed by atoms with Gasteiger partial charge >= 0.3 is 6.03 Å². The Morgan fingerprint density at radius 1 is 1.04 bits per heavy atom. The second-order valence-corrected chi connectivity index (χ2v) is 6.02. The Bertz CT molecular complexity index is 722. The number of para-hydroxylation sites is 2. The molecule has 0 spiro atoms.